The van der Waals surface area contributed by atoms with Gasteiger partial charge in [0.15, 0.2) is 4.34 Å². The molecule has 0 bridgehead atoms. The first-order chi connectivity index (χ1) is 9.97. The maximum Gasteiger partial charge on any atom is 0.227 e. The van der Waals surface area contributed by atoms with Crippen LogP contribution in [0.4, 0.5) is 5.13 Å². The molecule has 1 aromatic heterocycles. The van der Waals surface area contributed by atoms with Crippen LogP contribution in [0.3, 0.4) is 0 Å². The Kier molecular flexibility index (Phi) is 5.40. The summed E-state index contributed by atoms with van der Waals surface area (Å²) in [6.45, 7) is 6.77. The van der Waals surface area contributed by atoms with Crippen molar-refractivity contribution in [1.82, 2.24) is 15.1 Å². The van der Waals surface area contributed by atoms with Gasteiger partial charge < -0.3 is 15.5 Å². The molecule has 116 valence electrons. The predicted octanol–water partition coefficient (Wildman–Crippen LogP) is 0.420. The third-order valence-electron chi connectivity index (χ3n) is 3.09. The average Bonchev–Trinajstić information content (AvgIpc) is 2.93. The van der Waals surface area contributed by atoms with Gasteiger partial charge in [0, 0.05) is 32.1 Å². The lowest BCUT2D eigenvalue weighted by molar-refractivity contribution is -0.134. The number of hydrogen-bond donors (Lipinski definition) is 1. The van der Waals surface area contributed by atoms with Crippen LogP contribution in [0.25, 0.3) is 0 Å². The van der Waals surface area contributed by atoms with E-state index in [1.165, 1.54) is 23.1 Å². The molecule has 0 spiro atoms. The lowest BCUT2D eigenvalue weighted by Gasteiger charge is -2.35. The minimum atomic E-state index is -0.363. The Morgan fingerprint density at radius 2 is 1.95 bits per heavy atom. The van der Waals surface area contributed by atoms with Crippen molar-refractivity contribution in [3.63, 3.8) is 0 Å². The molecule has 7 nitrogen and oxygen atoms in total. The molecule has 2 heterocycles. The van der Waals surface area contributed by atoms with Gasteiger partial charge in [0.2, 0.25) is 16.9 Å². The van der Waals surface area contributed by atoms with E-state index in [0.29, 0.717) is 13.1 Å². The molecule has 9 heteroatoms. The van der Waals surface area contributed by atoms with Gasteiger partial charge in [0.1, 0.15) is 0 Å². The molecule has 1 aliphatic heterocycles. The number of amides is 2. The highest BCUT2D eigenvalue weighted by atomic mass is 32.2. The van der Waals surface area contributed by atoms with Crippen LogP contribution >= 0.6 is 23.1 Å². The molecule has 0 aliphatic carbocycles. The van der Waals surface area contributed by atoms with Gasteiger partial charge in [-0.3, -0.25) is 9.59 Å². The van der Waals surface area contributed by atoms with E-state index in [4.69, 9.17) is 5.73 Å². The Morgan fingerprint density at radius 3 is 2.52 bits per heavy atom. The molecule has 0 atom stereocenters. The van der Waals surface area contributed by atoms with Gasteiger partial charge >= 0.3 is 0 Å². The van der Waals surface area contributed by atoms with Crippen molar-refractivity contribution in [1.29, 1.82) is 0 Å². The predicted molar refractivity (Wildman–Crippen MR) is 83.5 cm³/mol. The van der Waals surface area contributed by atoms with Crippen LogP contribution < -0.4 is 10.6 Å². The van der Waals surface area contributed by atoms with Crippen LogP contribution in [0.5, 0.6) is 0 Å². The molecule has 1 saturated heterocycles. The molecular weight excluding hydrogens is 310 g/mol. The summed E-state index contributed by atoms with van der Waals surface area (Å²) in [5.74, 6) is 0.0859. The number of piperazine rings is 1. The van der Waals surface area contributed by atoms with E-state index in [-0.39, 0.29) is 23.5 Å². The number of rotatable bonds is 5. The molecule has 2 amide bonds. The van der Waals surface area contributed by atoms with Crippen molar-refractivity contribution >= 4 is 40.0 Å². The number of primary amides is 1. The zero-order valence-electron chi connectivity index (χ0n) is 12.1. The highest BCUT2D eigenvalue weighted by Crippen LogP contribution is 2.28. The van der Waals surface area contributed by atoms with Gasteiger partial charge in [-0.15, -0.1) is 10.2 Å². The lowest BCUT2D eigenvalue weighted by Crippen LogP contribution is -2.49. The Labute approximate surface area is 131 Å². The molecular formula is C12H19N5O2S2. The summed E-state index contributed by atoms with van der Waals surface area (Å²) in [6.07, 6.45) is 0. The number of hydrogen-bond acceptors (Lipinski definition) is 7. The maximum absolute atomic E-state index is 11.9. The molecule has 21 heavy (non-hydrogen) atoms. The van der Waals surface area contributed by atoms with Crippen LogP contribution in [0.2, 0.25) is 0 Å². The fourth-order valence-electron chi connectivity index (χ4n) is 2.00. The maximum atomic E-state index is 11.9. The van der Waals surface area contributed by atoms with Crippen molar-refractivity contribution in [3.05, 3.63) is 0 Å². The summed E-state index contributed by atoms with van der Waals surface area (Å²) >= 11 is 2.75. The second-order valence-corrected chi connectivity index (χ2v) is 7.25. The smallest absolute Gasteiger partial charge is 0.227 e. The number of aromatic nitrogens is 2. The SMILES string of the molecule is CC(C)C(=O)N1CCN(c2nnc(SCC(N)=O)s2)CC1. The standard InChI is InChI=1S/C12H19N5O2S2/c1-8(2)10(19)16-3-5-17(6-4-16)11-14-15-12(21-11)20-7-9(13)18/h8H,3-7H2,1-2H3,(H2,13,18). The molecule has 0 unspecified atom stereocenters. The highest BCUT2D eigenvalue weighted by Gasteiger charge is 2.24. The number of nitrogens with zero attached hydrogens (tertiary/aromatic N) is 4. The zero-order chi connectivity index (χ0) is 15.4. The van der Waals surface area contributed by atoms with Crippen LogP contribution in [0.1, 0.15) is 13.8 Å². The van der Waals surface area contributed by atoms with Crippen molar-refractivity contribution in [2.75, 3.05) is 36.8 Å². The van der Waals surface area contributed by atoms with Crippen molar-refractivity contribution in [2.24, 2.45) is 11.7 Å². The summed E-state index contributed by atoms with van der Waals surface area (Å²) in [4.78, 5) is 26.7. The van der Waals surface area contributed by atoms with Crippen LogP contribution in [0.15, 0.2) is 4.34 Å². The highest BCUT2D eigenvalue weighted by molar-refractivity contribution is 8.01. The largest absolute Gasteiger partial charge is 0.369 e. The second-order valence-electron chi connectivity index (χ2n) is 5.07. The van der Waals surface area contributed by atoms with Gasteiger partial charge in [-0.05, 0) is 0 Å². The summed E-state index contributed by atoms with van der Waals surface area (Å²) < 4.78 is 0.740. The first-order valence-electron chi connectivity index (χ1n) is 6.75. The first-order valence-corrected chi connectivity index (χ1v) is 8.56. The van der Waals surface area contributed by atoms with Crippen molar-refractivity contribution in [2.45, 2.75) is 18.2 Å². The second kappa shape index (κ2) is 7.08. The van der Waals surface area contributed by atoms with Gasteiger partial charge in [-0.2, -0.15) is 0 Å². The third-order valence-corrected chi connectivity index (χ3v) is 5.23. The molecule has 0 saturated carbocycles. The average molecular weight is 329 g/mol. The molecule has 1 fully saturated rings. The number of anilines is 1. The van der Waals surface area contributed by atoms with E-state index < -0.39 is 0 Å². The van der Waals surface area contributed by atoms with Gasteiger partial charge in [-0.25, -0.2) is 0 Å². The number of thioether (sulfide) groups is 1. The van der Waals surface area contributed by atoms with Gasteiger partial charge in [-0.1, -0.05) is 36.9 Å². The summed E-state index contributed by atoms with van der Waals surface area (Å²) in [7, 11) is 0. The number of carbonyl (C=O) groups excluding carboxylic acids is 2. The minimum absolute atomic E-state index is 0.0369. The summed E-state index contributed by atoms with van der Waals surface area (Å²) in [5, 5.41) is 9.02. The van der Waals surface area contributed by atoms with Crippen molar-refractivity contribution < 1.29 is 9.59 Å². The monoisotopic (exact) mass is 329 g/mol. The summed E-state index contributed by atoms with van der Waals surface area (Å²) in [5.41, 5.74) is 5.11. The molecule has 2 rings (SSSR count). The van der Waals surface area contributed by atoms with Crippen molar-refractivity contribution in [3.8, 4) is 0 Å². The van der Waals surface area contributed by atoms with Crippen LogP contribution in [-0.4, -0.2) is 58.8 Å². The lowest BCUT2D eigenvalue weighted by atomic mass is 10.2. The Hall–Kier alpha value is -1.35. The third kappa shape index (κ3) is 4.31. The molecule has 0 radical (unpaired) electrons. The minimum Gasteiger partial charge on any atom is -0.369 e. The molecule has 2 N–H and O–H groups in total. The fraction of sp³-hybridized carbons (Fsp3) is 0.667. The molecule has 1 aromatic rings. The van der Waals surface area contributed by atoms with Gasteiger partial charge in [0.05, 0.1) is 5.75 Å². The van der Waals surface area contributed by atoms with E-state index >= 15 is 0 Å². The normalized spacial score (nSPS) is 15.6. The Morgan fingerprint density at radius 1 is 1.29 bits per heavy atom. The van der Waals surface area contributed by atoms with E-state index in [1.54, 1.807) is 0 Å². The topological polar surface area (TPSA) is 92.4 Å². The molecule has 0 aromatic carbocycles. The first kappa shape index (κ1) is 16.0. The number of nitrogens with two attached hydrogens (primary N) is 1. The number of carbonyl (C=O) groups is 2. The van der Waals surface area contributed by atoms with E-state index in [1.807, 2.05) is 18.7 Å². The van der Waals surface area contributed by atoms with E-state index in [9.17, 15) is 9.59 Å². The Bertz CT molecular complexity index is 512. The van der Waals surface area contributed by atoms with E-state index in [0.717, 1.165) is 22.6 Å². The van der Waals surface area contributed by atoms with Crippen LogP contribution in [0, 0.1) is 5.92 Å². The van der Waals surface area contributed by atoms with Crippen LogP contribution in [-0.2, 0) is 9.59 Å². The quantitative estimate of drug-likeness (QED) is 0.787. The van der Waals surface area contributed by atoms with Gasteiger partial charge in [0.25, 0.3) is 0 Å². The summed E-state index contributed by atoms with van der Waals surface area (Å²) in [6, 6.07) is 0. The fourth-order valence-corrected chi connectivity index (χ4v) is 3.64. The van der Waals surface area contributed by atoms with E-state index in [2.05, 4.69) is 15.1 Å². The molecule has 1 aliphatic rings. The zero-order valence-corrected chi connectivity index (χ0v) is 13.7. The Balaban J connectivity index is 1.87.